The van der Waals surface area contributed by atoms with Crippen molar-refractivity contribution in [3.63, 3.8) is 0 Å². The Labute approximate surface area is 139 Å². The standard InChI is InChI=1S/C15H21N5O4/c1-23-10-8-18(9-11-24-2)14(21)12-19-15(22)20(17-16-19)13-6-4-3-5-7-13/h3-7H,8-12H2,1-2H3. The molecule has 2 rings (SSSR count). The molecular formula is C15H21N5O4. The molecule has 0 aliphatic carbocycles. The minimum atomic E-state index is -0.465. The second kappa shape index (κ2) is 8.94. The maximum atomic E-state index is 12.4. The Hall–Kier alpha value is -2.52. The summed E-state index contributed by atoms with van der Waals surface area (Å²) in [6, 6.07) is 8.91. The van der Waals surface area contributed by atoms with Crippen molar-refractivity contribution in [3.8, 4) is 5.69 Å². The Morgan fingerprint density at radius 2 is 1.71 bits per heavy atom. The van der Waals surface area contributed by atoms with Crippen molar-refractivity contribution in [1.29, 1.82) is 0 Å². The van der Waals surface area contributed by atoms with Gasteiger partial charge in [-0.05, 0) is 22.6 Å². The predicted octanol–water partition coefficient (Wildman–Crippen LogP) is -0.450. The van der Waals surface area contributed by atoms with Gasteiger partial charge in [-0.1, -0.05) is 18.2 Å². The van der Waals surface area contributed by atoms with E-state index < -0.39 is 5.69 Å². The molecule has 9 heteroatoms. The summed E-state index contributed by atoms with van der Waals surface area (Å²) >= 11 is 0. The van der Waals surface area contributed by atoms with Crippen molar-refractivity contribution >= 4 is 5.91 Å². The van der Waals surface area contributed by atoms with Gasteiger partial charge in [-0.25, -0.2) is 4.79 Å². The normalized spacial score (nSPS) is 10.8. The fourth-order valence-corrected chi connectivity index (χ4v) is 2.10. The molecule has 130 valence electrons. The number of ether oxygens (including phenoxy) is 2. The summed E-state index contributed by atoms with van der Waals surface area (Å²) in [5.41, 5.74) is 0.129. The number of para-hydroxylation sites is 1. The van der Waals surface area contributed by atoms with Crippen molar-refractivity contribution in [1.82, 2.24) is 24.7 Å². The number of methoxy groups -OCH3 is 2. The molecule has 0 atom stereocenters. The zero-order chi connectivity index (χ0) is 17.4. The van der Waals surface area contributed by atoms with Crippen LogP contribution in [0.15, 0.2) is 35.1 Å². The van der Waals surface area contributed by atoms with E-state index in [1.54, 1.807) is 43.4 Å². The Kier molecular flexibility index (Phi) is 6.64. The summed E-state index contributed by atoms with van der Waals surface area (Å²) in [7, 11) is 3.13. The second-order valence-corrected chi connectivity index (χ2v) is 5.03. The van der Waals surface area contributed by atoms with Crippen molar-refractivity contribution in [2.75, 3.05) is 40.5 Å². The maximum absolute atomic E-state index is 12.4. The molecule has 1 aromatic carbocycles. The van der Waals surface area contributed by atoms with E-state index in [0.29, 0.717) is 32.0 Å². The molecule has 0 aliphatic rings. The summed E-state index contributed by atoms with van der Waals surface area (Å²) in [4.78, 5) is 26.3. The number of benzene rings is 1. The first-order chi connectivity index (χ1) is 11.7. The lowest BCUT2D eigenvalue weighted by atomic mass is 10.3. The molecule has 1 heterocycles. The number of amides is 1. The number of carbonyl (C=O) groups is 1. The van der Waals surface area contributed by atoms with E-state index in [1.807, 2.05) is 6.07 Å². The van der Waals surface area contributed by atoms with Crippen LogP contribution in [0.25, 0.3) is 5.69 Å². The van der Waals surface area contributed by atoms with Gasteiger partial charge < -0.3 is 14.4 Å². The van der Waals surface area contributed by atoms with E-state index in [9.17, 15) is 9.59 Å². The number of aromatic nitrogens is 4. The fraction of sp³-hybridized carbons (Fsp3) is 0.467. The van der Waals surface area contributed by atoms with Gasteiger partial charge in [0.1, 0.15) is 6.54 Å². The minimum absolute atomic E-state index is 0.181. The van der Waals surface area contributed by atoms with Gasteiger partial charge in [0.15, 0.2) is 0 Å². The third-order valence-corrected chi connectivity index (χ3v) is 3.41. The molecule has 0 spiro atoms. The third kappa shape index (κ3) is 4.49. The second-order valence-electron chi connectivity index (χ2n) is 5.03. The van der Waals surface area contributed by atoms with E-state index in [1.165, 1.54) is 0 Å². The molecule has 1 aromatic heterocycles. The lowest BCUT2D eigenvalue weighted by Gasteiger charge is -2.21. The summed E-state index contributed by atoms with van der Waals surface area (Å²) in [6.45, 7) is 1.46. The number of tetrazole rings is 1. The molecule has 0 radical (unpaired) electrons. The number of rotatable bonds is 9. The van der Waals surface area contributed by atoms with Gasteiger partial charge in [0.2, 0.25) is 5.91 Å². The Morgan fingerprint density at radius 1 is 1.08 bits per heavy atom. The largest absolute Gasteiger partial charge is 0.383 e. The minimum Gasteiger partial charge on any atom is -0.383 e. The van der Waals surface area contributed by atoms with Crippen molar-refractivity contribution in [2.45, 2.75) is 6.54 Å². The van der Waals surface area contributed by atoms with E-state index in [-0.39, 0.29) is 12.5 Å². The first-order valence-electron chi connectivity index (χ1n) is 7.51. The van der Waals surface area contributed by atoms with Gasteiger partial charge in [0.05, 0.1) is 18.9 Å². The lowest BCUT2D eigenvalue weighted by molar-refractivity contribution is -0.133. The number of carbonyl (C=O) groups excluding carboxylic acids is 1. The average Bonchev–Trinajstić information content (AvgIpc) is 2.96. The molecule has 1 amide bonds. The zero-order valence-electron chi connectivity index (χ0n) is 13.8. The summed E-state index contributed by atoms with van der Waals surface area (Å²) in [6.07, 6.45) is 0. The molecule has 0 saturated heterocycles. The van der Waals surface area contributed by atoms with Crippen LogP contribution < -0.4 is 5.69 Å². The maximum Gasteiger partial charge on any atom is 0.368 e. The van der Waals surface area contributed by atoms with Gasteiger partial charge in [-0.2, -0.15) is 9.36 Å². The monoisotopic (exact) mass is 335 g/mol. The quantitative estimate of drug-likeness (QED) is 0.616. The number of nitrogens with zero attached hydrogens (tertiary/aromatic N) is 5. The third-order valence-electron chi connectivity index (χ3n) is 3.41. The molecule has 0 bridgehead atoms. The van der Waals surface area contributed by atoms with Gasteiger partial charge in [0.25, 0.3) is 0 Å². The van der Waals surface area contributed by atoms with Crippen LogP contribution in [0.1, 0.15) is 0 Å². The van der Waals surface area contributed by atoms with Gasteiger partial charge in [-0.15, -0.1) is 0 Å². The van der Waals surface area contributed by atoms with Crippen molar-refractivity contribution in [3.05, 3.63) is 40.8 Å². The van der Waals surface area contributed by atoms with Gasteiger partial charge >= 0.3 is 5.69 Å². The highest BCUT2D eigenvalue weighted by Gasteiger charge is 2.17. The van der Waals surface area contributed by atoms with Crippen LogP contribution in [-0.4, -0.2) is 71.1 Å². The van der Waals surface area contributed by atoms with Crippen LogP contribution in [0.4, 0.5) is 0 Å². The Balaban J connectivity index is 2.10. The predicted molar refractivity (Wildman–Crippen MR) is 86.0 cm³/mol. The molecule has 0 N–H and O–H groups in total. The molecule has 24 heavy (non-hydrogen) atoms. The highest BCUT2D eigenvalue weighted by Crippen LogP contribution is 2.01. The molecule has 0 fully saturated rings. The van der Waals surface area contributed by atoms with Crippen molar-refractivity contribution < 1.29 is 14.3 Å². The summed E-state index contributed by atoms with van der Waals surface area (Å²) in [5, 5.41) is 7.60. The topological polar surface area (TPSA) is 91.5 Å². The van der Waals surface area contributed by atoms with E-state index >= 15 is 0 Å². The van der Waals surface area contributed by atoms with E-state index in [0.717, 1.165) is 9.36 Å². The lowest BCUT2D eigenvalue weighted by Crippen LogP contribution is -2.40. The molecule has 0 unspecified atom stereocenters. The number of hydrogen-bond donors (Lipinski definition) is 0. The first-order valence-corrected chi connectivity index (χ1v) is 7.51. The van der Waals surface area contributed by atoms with Crippen LogP contribution >= 0.6 is 0 Å². The molecule has 9 nitrogen and oxygen atoms in total. The fourth-order valence-electron chi connectivity index (χ4n) is 2.10. The SMILES string of the molecule is COCCN(CCOC)C(=O)Cn1nnn(-c2ccccc2)c1=O. The van der Waals surface area contributed by atoms with E-state index in [4.69, 9.17) is 9.47 Å². The van der Waals surface area contributed by atoms with Crippen LogP contribution in [0.2, 0.25) is 0 Å². The molecule has 0 aliphatic heterocycles. The molecule has 2 aromatic rings. The van der Waals surface area contributed by atoms with Crippen LogP contribution in [0.3, 0.4) is 0 Å². The highest BCUT2D eigenvalue weighted by molar-refractivity contribution is 5.75. The van der Waals surface area contributed by atoms with Gasteiger partial charge in [-0.3, -0.25) is 4.79 Å². The highest BCUT2D eigenvalue weighted by atomic mass is 16.5. The molecular weight excluding hydrogens is 314 g/mol. The zero-order valence-corrected chi connectivity index (χ0v) is 13.8. The molecule has 0 saturated carbocycles. The van der Waals surface area contributed by atoms with Crippen LogP contribution in [-0.2, 0) is 20.8 Å². The summed E-state index contributed by atoms with van der Waals surface area (Å²) < 4.78 is 12.2. The smallest absolute Gasteiger partial charge is 0.368 e. The average molecular weight is 335 g/mol. The van der Waals surface area contributed by atoms with Gasteiger partial charge in [0, 0.05) is 27.3 Å². The van der Waals surface area contributed by atoms with Crippen molar-refractivity contribution in [2.24, 2.45) is 0 Å². The van der Waals surface area contributed by atoms with Crippen LogP contribution in [0, 0.1) is 0 Å². The van der Waals surface area contributed by atoms with E-state index in [2.05, 4.69) is 10.4 Å². The first kappa shape index (κ1) is 17.8. The Morgan fingerprint density at radius 3 is 2.29 bits per heavy atom. The Bertz CT molecular complexity index is 689. The number of hydrogen-bond acceptors (Lipinski definition) is 6. The summed E-state index contributed by atoms with van der Waals surface area (Å²) in [5.74, 6) is -0.244. The van der Waals surface area contributed by atoms with Crippen LogP contribution in [0.5, 0.6) is 0 Å².